The van der Waals surface area contributed by atoms with Crippen LogP contribution in [0.2, 0.25) is 0 Å². The van der Waals surface area contributed by atoms with Crippen LogP contribution in [0.5, 0.6) is 0 Å². The number of nitrogens with zero attached hydrogens (tertiary/aromatic N) is 2. The first-order valence-electron chi connectivity index (χ1n) is 13.6. The van der Waals surface area contributed by atoms with Crippen LogP contribution in [0.3, 0.4) is 0 Å². The maximum absolute atomic E-state index is 3.82. The van der Waals surface area contributed by atoms with Gasteiger partial charge in [-0.25, -0.2) is 0 Å². The van der Waals surface area contributed by atoms with Gasteiger partial charge in [-0.05, 0) is 107 Å². The first-order chi connectivity index (χ1) is 18.7. The van der Waals surface area contributed by atoms with Crippen LogP contribution < -0.4 is 0 Å². The molecule has 1 atom stereocenters. The SMILES string of the molecule is C=Cc1ccccc1C.C=Nc1ccccc1C.CCc1ccccc1C.Cc1ccccc1C(C)N(C)C. The minimum absolute atomic E-state index is 0.506. The normalized spacial score (nSPS) is 10.5. The molecular weight excluding hydrogens is 472 g/mol. The summed E-state index contributed by atoms with van der Waals surface area (Å²) < 4.78 is 0. The third-order valence-corrected chi connectivity index (χ3v) is 6.75. The molecule has 0 aliphatic heterocycles. The number of aryl methyl sites for hydroxylation is 5. The van der Waals surface area contributed by atoms with E-state index in [9.17, 15) is 0 Å². The highest BCUT2D eigenvalue weighted by molar-refractivity contribution is 5.51. The van der Waals surface area contributed by atoms with Gasteiger partial charge in [0.2, 0.25) is 0 Å². The van der Waals surface area contributed by atoms with Crippen LogP contribution in [0.1, 0.15) is 58.8 Å². The van der Waals surface area contributed by atoms with E-state index in [4.69, 9.17) is 0 Å². The molecule has 0 radical (unpaired) electrons. The lowest BCUT2D eigenvalue weighted by Gasteiger charge is -2.21. The van der Waals surface area contributed by atoms with E-state index in [1.165, 1.54) is 38.9 Å². The second kappa shape index (κ2) is 18.5. The van der Waals surface area contributed by atoms with E-state index in [0.717, 1.165) is 12.1 Å². The van der Waals surface area contributed by atoms with Crippen molar-refractivity contribution in [2.75, 3.05) is 14.1 Å². The van der Waals surface area contributed by atoms with Gasteiger partial charge < -0.3 is 4.90 Å². The van der Waals surface area contributed by atoms with Crippen LogP contribution in [-0.2, 0) is 6.42 Å². The lowest BCUT2D eigenvalue weighted by atomic mass is 10.0. The highest BCUT2D eigenvalue weighted by Gasteiger charge is 2.08. The Kier molecular flexibility index (Phi) is 15.8. The predicted octanol–water partition coefficient (Wildman–Crippen LogP) is 10.1. The van der Waals surface area contributed by atoms with E-state index in [-0.39, 0.29) is 0 Å². The Morgan fingerprint density at radius 3 is 1.56 bits per heavy atom. The first kappa shape index (κ1) is 33.3. The summed E-state index contributed by atoms with van der Waals surface area (Å²) in [4.78, 5) is 6.04. The van der Waals surface area contributed by atoms with E-state index < -0.39 is 0 Å². The van der Waals surface area contributed by atoms with E-state index in [2.05, 4.69) is 133 Å². The highest BCUT2D eigenvalue weighted by Crippen LogP contribution is 2.20. The molecule has 0 spiro atoms. The molecule has 2 heteroatoms. The molecule has 4 rings (SSSR count). The third kappa shape index (κ3) is 12.1. The van der Waals surface area contributed by atoms with Gasteiger partial charge in [-0.1, -0.05) is 111 Å². The molecule has 0 fully saturated rings. The number of rotatable bonds is 5. The average Bonchev–Trinajstić information content (AvgIpc) is 2.95. The van der Waals surface area contributed by atoms with Gasteiger partial charge in [0.15, 0.2) is 0 Å². The van der Waals surface area contributed by atoms with Crippen LogP contribution in [0.15, 0.2) is 109 Å². The molecule has 0 aliphatic carbocycles. The Morgan fingerprint density at radius 2 is 1.18 bits per heavy atom. The summed E-state index contributed by atoms with van der Waals surface area (Å²) in [7, 11) is 4.22. The Hall–Kier alpha value is -3.75. The Morgan fingerprint density at radius 1 is 0.692 bits per heavy atom. The third-order valence-electron chi connectivity index (χ3n) is 6.75. The summed E-state index contributed by atoms with van der Waals surface area (Å²) in [6.07, 6.45) is 3.02. The molecule has 0 aliphatic rings. The molecule has 1 unspecified atom stereocenters. The lowest BCUT2D eigenvalue weighted by molar-refractivity contribution is 0.320. The molecule has 0 N–H and O–H groups in total. The molecule has 39 heavy (non-hydrogen) atoms. The lowest BCUT2D eigenvalue weighted by Crippen LogP contribution is -2.17. The monoisotopic (exact) mass is 520 g/mol. The van der Waals surface area contributed by atoms with Crippen molar-refractivity contribution in [3.8, 4) is 0 Å². The van der Waals surface area contributed by atoms with Crippen LogP contribution in [0.4, 0.5) is 5.69 Å². The summed E-state index contributed by atoms with van der Waals surface area (Å²) in [5, 5.41) is 0. The number of benzene rings is 4. The molecule has 206 valence electrons. The molecule has 2 nitrogen and oxygen atoms in total. The molecule has 4 aromatic carbocycles. The fourth-order valence-corrected chi connectivity index (χ4v) is 3.90. The molecule has 4 aromatic rings. The number of aliphatic imine (C=N–C) groups is 1. The quantitative estimate of drug-likeness (QED) is 0.239. The maximum atomic E-state index is 3.82. The van der Waals surface area contributed by atoms with Crippen LogP contribution in [0.25, 0.3) is 6.08 Å². The zero-order chi connectivity index (χ0) is 29.2. The largest absolute Gasteiger partial charge is 0.303 e. The van der Waals surface area contributed by atoms with Crippen molar-refractivity contribution in [1.82, 2.24) is 4.90 Å². The van der Waals surface area contributed by atoms with Gasteiger partial charge in [-0.15, -0.1) is 0 Å². The predicted molar refractivity (Wildman–Crippen MR) is 175 cm³/mol. The van der Waals surface area contributed by atoms with Crippen molar-refractivity contribution < 1.29 is 0 Å². The van der Waals surface area contributed by atoms with E-state index >= 15 is 0 Å². The second-order valence-electron chi connectivity index (χ2n) is 9.78. The van der Waals surface area contributed by atoms with Crippen molar-refractivity contribution in [2.24, 2.45) is 4.99 Å². The van der Waals surface area contributed by atoms with Gasteiger partial charge in [-0.2, -0.15) is 0 Å². The Balaban J connectivity index is 0.000000262. The van der Waals surface area contributed by atoms with E-state index in [1.54, 1.807) is 0 Å². The molecule has 0 aromatic heterocycles. The molecule has 0 amide bonds. The standard InChI is InChI=1S/C11H17N.C9H12.C9H10.C8H9N/c1-9-7-5-6-8-11(9)10(2)12(3)4;2*1-3-9-7-5-4-6-8(9)2;1-7-5-3-4-6-8(7)9-2/h5-8,10H,1-4H3;4-7H,3H2,1-2H3;3-7H,1H2,2H3;3-6H,2H2,1H3. The maximum Gasteiger partial charge on any atom is 0.0651 e. The van der Waals surface area contributed by atoms with Crippen LogP contribution in [0, 0.1) is 27.7 Å². The smallest absolute Gasteiger partial charge is 0.0651 e. The van der Waals surface area contributed by atoms with Crippen molar-refractivity contribution in [2.45, 2.75) is 54.0 Å². The van der Waals surface area contributed by atoms with Crippen molar-refractivity contribution in [3.63, 3.8) is 0 Å². The molecule has 0 bridgehead atoms. The van der Waals surface area contributed by atoms with Crippen LogP contribution in [-0.4, -0.2) is 25.7 Å². The fourth-order valence-electron chi connectivity index (χ4n) is 3.90. The molecule has 0 saturated heterocycles. The number of hydrogen-bond donors (Lipinski definition) is 0. The van der Waals surface area contributed by atoms with Gasteiger partial charge in [0, 0.05) is 6.04 Å². The van der Waals surface area contributed by atoms with Gasteiger partial charge in [0.25, 0.3) is 0 Å². The second-order valence-corrected chi connectivity index (χ2v) is 9.78. The minimum atomic E-state index is 0.506. The molecular formula is C37H48N2. The topological polar surface area (TPSA) is 15.6 Å². The van der Waals surface area contributed by atoms with Crippen molar-refractivity contribution >= 4 is 18.5 Å². The zero-order valence-electron chi connectivity index (χ0n) is 25.4. The molecule has 0 heterocycles. The van der Waals surface area contributed by atoms with E-state index in [1.807, 2.05) is 49.4 Å². The Bertz CT molecular complexity index is 1220. The minimum Gasteiger partial charge on any atom is -0.303 e. The first-order valence-corrected chi connectivity index (χ1v) is 13.6. The highest BCUT2D eigenvalue weighted by atomic mass is 15.1. The van der Waals surface area contributed by atoms with Gasteiger partial charge >= 0.3 is 0 Å². The van der Waals surface area contributed by atoms with Gasteiger partial charge in [0.05, 0.1) is 5.69 Å². The summed E-state index contributed by atoms with van der Waals surface area (Å²) in [6, 6.07) is 33.6. The zero-order valence-corrected chi connectivity index (χ0v) is 25.4. The summed E-state index contributed by atoms with van der Waals surface area (Å²) in [5.41, 5.74) is 10.3. The van der Waals surface area contributed by atoms with Crippen molar-refractivity contribution in [1.29, 1.82) is 0 Å². The van der Waals surface area contributed by atoms with E-state index in [0.29, 0.717) is 6.04 Å². The molecule has 0 saturated carbocycles. The summed E-state index contributed by atoms with van der Waals surface area (Å²) >= 11 is 0. The fraction of sp³-hybridized carbons (Fsp3) is 0.270. The van der Waals surface area contributed by atoms with Crippen molar-refractivity contribution in [3.05, 3.63) is 143 Å². The van der Waals surface area contributed by atoms with Crippen LogP contribution >= 0.6 is 0 Å². The summed E-state index contributed by atoms with van der Waals surface area (Å²) in [5.74, 6) is 0. The summed E-state index contributed by atoms with van der Waals surface area (Å²) in [6.45, 7) is 20.0. The van der Waals surface area contributed by atoms with Gasteiger partial charge in [-0.3, -0.25) is 4.99 Å². The number of hydrogen-bond acceptors (Lipinski definition) is 2. The Labute approximate surface area is 238 Å². The number of para-hydroxylation sites is 1. The average molecular weight is 521 g/mol. The van der Waals surface area contributed by atoms with Gasteiger partial charge in [0.1, 0.15) is 0 Å².